The van der Waals surface area contributed by atoms with Gasteiger partial charge in [-0.05, 0) is 17.7 Å². The molecule has 0 N–H and O–H groups in total. The quantitative estimate of drug-likeness (QED) is 0.548. The van der Waals surface area contributed by atoms with Crippen molar-refractivity contribution in [3.05, 3.63) is 63.8 Å². The fraction of sp³-hybridized carbons (Fsp3) is 0.211. The molecule has 0 spiro atoms. The number of thiazole rings is 1. The van der Waals surface area contributed by atoms with Crippen LogP contribution in [0.4, 0.5) is 0 Å². The Labute approximate surface area is 158 Å². The second-order valence-corrected chi connectivity index (χ2v) is 7.55. The highest BCUT2D eigenvalue weighted by Crippen LogP contribution is 2.31. The van der Waals surface area contributed by atoms with Crippen molar-refractivity contribution in [2.24, 2.45) is 12.0 Å². The molecule has 1 aliphatic heterocycles. The molecule has 0 radical (unpaired) electrons. The summed E-state index contributed by atoms with van der Waals surface area (Å²) in [6.45, 7) is 1.15. The van der Waals surface area contributed by atoms with Crippen LogP contribution in [-0.2, 0) is 20.0 Å². The second-order valence-electron chi connectivity index (χ2n) is 6.46. The first-order chi connectivity index (χ1) is 13.2. The van der Waals surface area contributed by atoms with Gasteiger partial charge in [-0.15, -0.1) is 11.3 Å². The smallest absolute Gasteiger partial charge is 0.291 e. The molecule has 5 heterocycles. The average Bonchev–Trinajstić information content (AvgIpc) is 3.38. The van der Waals surface area contributed by atoms with Gasteiger partial charge in [0.25, 0.3) is 5.56 Å². The number of allylic oxidation sites excluding steroid dienone is 1. The first-order valence-electron chi connectivity index (χ1n) is 8.63. The summed E-state index contributed by atoms with van der Waals surface area (Å²) < 4.78 is 4.35. The van der Waals surface area contributed by atoms with Crippen LogP contribution in [0.15, 0.2) is 52.7 Å². The molecule has 134 valence electrons. The first-order valence-corrected chi connectivity index (χ1v) is 9.45. The van der Waals surface area contributed by atoms with E-state index in [4.69, 9.17) is 4.98 Å². The summed E-state index contributed by atoms with van der Waals surface area (Å²) in [5, 5.41) is 6.24. The first kappa shape index (κ1) is 16.1. The third kappa shape index (κ3) is 2.69. The molecule has 0 saturated carbocycles. The number of nitrogens with zero attached hydrogens (tertiary/aromatic N) is 6. The van der Waals surface area contributed by atoms with Gasteiger partial charge in [-0.25, -0.2) is 9.67 Å². The Morgan fingerprint density at radius 1 is 1.30 bits per heavy atom. The third-order valence-corrected chi connectivity index (χ3v) is 5.75. The van der Waals surface area contributed by atoms with Crippen LogP contribution in [0.5, 0.6) is 0 Å². The zero-order chi connectivity index (χ0) is 18.4. The van der Waals surface area contributed by atoms with Gasteiger partial charge < -0.3 is 4.57 Å². The average molecular weight is 376 g/mol. The lowest BCUT2D eigenvalue weighted by Gasteiger charge is -2.05. The lowest BCUT2D eigenvalue weighted by atomic mass is 10.3. The molecule has 0 aromatic carbocycles. The molecule has 0 aliphatic carbocycles. The number of pyridine rings is 1. The summed E-state index contributed by atoms with van der Waals surface area (Å²) in [5.41, 5.74) is 3.33. The zero-order valence-corrected chi connectivity index (χ0v) is 15.5. The van der Waals surface area contributed by atoms with Gasteiger partial charge in [0, 0.05) is 37.0 Å². The van der Waals surface area contributed by atoms with Crippen LogP contribution in [0.1, 0.15) is 10.6 Å². The van der Waals surface area contributed by atoms with Crippen LogP contribution in [0.2, 0.25) is 0 Å². The van der Waals surface area contributed by atoms with Crippen molar-refractivity contribution in [3.63, 3.8) is 0 Å². The predicted molar refractivity (Wildman–Crippen MR) is 107 cm³/mol. The number of rotatable bonds is 4. The van der Waals surface area contributed by atoms with Crippen molar-refractivity contribution in [1.29, 1.82) is 0 Å². The molecule has 0 fully saturated rings. The Morgan fingerprint density at radius 2 is 2.22 bits per heavy atom. The van der Waals surface area contributed by atoms with E-state index in [0.29, 0.717) is 12.1 Å². The minimum atomic E-state index is -0.117. The minimum Gasteiger partial charge on any atom is -0.323 e. The second kappa shape index (κ2) is 6.24. The van der Waals surface area contributed by atoms with Gasteiger partial charge in [0.15, 0.2) is 5.65 Å². The van der Waals surface area contributed by atoms with E-state index in [2.05, 4.69) is 15.1 Å². The number of hydrogen-bond acceptors (Lipinski definition) is 6. The van der Waals surface area contributed by atoms with Crippen LogP contribution in [0.3, 0.4) is 0 Å². The standard InChI is InChI=1S/C19H16N6OS/c1-24-16-14(10-22-25(19(16)26)11-12-4-2-6-20-9-12)17-18(24)23-15(27-17)8-13-5-3-7-21-13/h2-6,9-10H,7-8,11H2,1H3. The number of aromatic nitrogens is 5. The number of aryl methyl sites for hydroxylation is 1. The molecule has 0 unspecified atom stereocenters. The summed E-state index contributed by atoms with van der Waals surface area (Å²) in [7, 11) is 1.89. The van der Waals surface area contributed by atoms with Crippen molar-refractivity contribution in [3.8, 4) is 0 Å². The fourth-order valence-electron chi connectivity index (χ4n) is 3.37. The van der Waals surface area contributed by atoms with E-state index in [1.165, 1.54) is 4.68 Å². The van der Waals surface area contributed by atoms with Gasteiger partial charge in [0.1, 0.15) is 10.5 Å². The molecule has 0 bridgehead atoms. The summed E-state index contributed by atoms with van der Waals surface area (Å²) >= 11 is 1.61. The molecule has 0 saturated heterocycles. The third-order valence-electron chi connectivity index (χ3n) is 4.67. The van der Waals surface area contributed by atoms with Gasteiger partial charge in [0.2, 0.25) is 0 Å². The van der Waals surface area contributed by atoms with Crippen molar-refractivity contribution in [2.75, 3.05) is 6.54 Å². The Morgan fingerprint density at radius 3 is 3.00 bits per heavy atom. The molecular formula is C19H16N6OS. The van der Waals surface area contributed by atoms with Crippen LogP contribution < -0.4 is 5.56 Å². The Kier molecular flexibility index (Phi) is 3.71. The van der Waals surface area contributed by atoms with Crippen LogP contribution >= 0.6 is 11.3 Å². The highest BCUT2D eigenvalue weighted by molar-refractivity contribution is 7.19. The number of aliphatic imine (C=N–C) groups is 1. The predicted octanol–water partition coefficient (Wildman–Crippen LogP) is 2.34. The Balaban J connectivity index is 1.59. The minimum absolute atomic E-state index is 0.117. The summed E-state index contributed by atoms with van der Waals surface area (Å²) in [6, 6.07) is 3.79. The van der Waals surface area contributed by atoms with Crippen molar-refractivity contribution < 1.29 is 0 Å². The van der Waals surface area contributed by atoms with Crippen LogP contribution in [-0.4, -0.2) is 36.6 Å². The largest absolute Gasteiger partial charge is 0.323 e. The Hall–Kier alpha value is -3.13. The molecule has 7 nitrogen and oxygen atoms in total. The molecule has 0 atom stereocenters. The van der Waals surface area contributed by atoms with E-state index in [1.807, 2.05) is 35.9 Å². The van der Waals surface area contributed by atoms with Crippen molar-refractivity contribution >= 4 is 38.3 Å². The summed E-state index contributed by atoms with van der Waals surface area (Å²) in [6.07, 6.45) is 10.0. The summed E-state index contributed by atoms with van der Waals surface area (Å²) in [5.74, 6) is 0. The SMILES string of the molecule is Cn1c2nc(CC3=NCC=C3)sc2c2cnn(Cc3cccnc3)c(=O)c21. The summed E-state index contributed by atoms with van der Waals surface area (Å²) in [4.78, 5) is 26.3. The maximum Gasteiger partial charge on any atom is 0.291 e. The molecule has 5 rings (SSSR count). The molecule has 4 aromatic heterocycles. The van der Waals surface area contributed by atoms with Gasteiger partial charge in [0.05, 0.1) is 24.0 Å². The molecule has 8 heteroatoms. The Bertz CT molecular complexity index is 1280. The van der Waals surface area contributed by atoms with Crippen molar-refractivity contribution in [2.45, 2.75) is 13.0 Å². The fourth-order valence-corrected chi connectivity index (χ4v) is 4.49. The maximum absolute atomic E-state index is 13.0. The molecule has 0 amide bonds. The van der Waals surface area contributed by atoms with Crippen LogP contribution in [0.25, 0.3) is 21.3 Å². The van der Waals surface area contributed by atoms with Crippen LogP contribution in [0, 0.1) is 0 Å². The lowest BCUT2D eigenvalue weighted by molar-refractivity contribution is 0.642. The van der Waals surface area contributed by atoms with Gasteiger partial charge in [-0.3, -0.25) is 14.8 Å². The van der Waals surface area contributed by atoms with E-state index in [1.54, 1.807) is 29.9 Å². The van der Waals surface area contributed by atoms with E-state index in [9.17, 15) is 4.79 Å². The van der Waals surface area contributed by atoms with Crippen molar-refractivity contribution in [1.82, 2.24) is 24.3 Å². The van der Waals surface area contributed by atoms with Gasteiger partial charge in [-0.1, -0.05) is 12.1 Å². The highest BCUT2D eigenvalue weighted by atomic mass is 32.1. The molecular weight excluding hydrogens is 360 g/mol. The monoisotopic (exact) mass is 376 g/mol. The molecule has 4 aromatic rings. The van der Waals surface area contributed by atoms with E-state index < -0.39 is 0 Å². The number of fused-ring (bicyclic) bond motifs is 3. The maximum atomic E-state index is 13.0. The van der Waals surface area contributed by atoms with Gasteiger partial charge >= 0.3 is 0 Å². The number of hydrogen-bond donors (Lipinski definition) is 0. The van der Waals surface area contributed by atoms with E-state index >= 15 is 0 Å². The van der Waals surface area contributed by atoms with E-state index in [0.717, 1.165) is 45.0 Å². The van der Waals surface area contributed by atoms with E-state index in [-0.39, 0.29) is 5.56 Å². The normalized spacial score (nSPS) is 13.7. The molecule has 27 heavy (non-hydrogen) atoms. The highest BCUT2D eigenvalue weighted by Gasteiger charge is 2.18. The lowest BCUT2D eigenvalue weighted by Crippen LogP contribution is -2.24. The molecule has 1 aliphatic rings. The van der Waals surface area contributed by atoms with Gasteiger partial charge in [-0.2, -0.15) is 5.10 Å². The zero-order valence-electron chi connectivity index (χ0n) is 14.7. The topological polar surface area (TPSA) is 78.0 Å².